The molecule has 1 aliphatic heterocycles. The minimum Gasteiger partial charge on any atom is -0.289 e. The summed E-state index contributed by atoms with van der Waals surface area (Å²) in [4.78, 5) is 13.0. The van der Waals surface area contributed by atoms with Crippen LogP contribution in [0.25, 0.3) is 0 Å². The van der Waals surface area contributed by atoms with Crippen LogP contribution < -0.4 is 5.01 Å². The first-order valence-corrected chi connectivity index (χ1v) is 10.1. The van der Waals surface area contributed by atoms with E-state index >= 15 is 0 Å². The van der Waals surface area contributed by atoms with E-state index in [0.29, 0.717) is 11.1 Å². The Kier molecular flexibility index (Phi) is 5.08. The van der Waals surface area contributed by atoms with Gasteiger partial charge in [0.05, 0.1) is 11.1 Å². The van der Waals surface area contributed by atoms with Crippen molar-refractivity contribution in [2.24, 2.45) is 5.10 Å². The number of carbonyl (C=O) groups excluding carboxylic acids is 1. The highest BCUT2D eigenvalue weighted by Gasteiger charge is 2.43. The van der Waals surface area contributed by atoms with Gasteiger partial charge in [-0.05, 0) is 26.0 Å². The Bertz CT molecular complexity index is 1160. The lowest BCUT2D eigenvalue weighted by molar-refractivity contribution is -0.400. The highest BCUT2D eigenvalue weighted by molar-refractivity contribution is 6.33. The lowest BCUT2D eigenvalue weighted by Gasteiger charge is -2.18. The molecule has 0 atom stereocenters. The number of hydrogen-bond acceptors (Lipinski definition) is 3. The predicted octanol–water partition coefficient (Wildman–Crippen LogP) is 5.05. The van der Waals surface area contributed by atoms with Crippen LogP contribution in [0, 0.1) is 0 Å². The first-order valence-electron chi connectivity index (χ1n) is 10.1. The second kappa shape index (κ2) is 7.71. The molecule has 0 saturated heterocycles. The SMILES string of the molecule is CN(N=CC1=[N+](C)c2ccccc2C1(C)C)c1ccccc1C(=O)c1ccccc1. The van der Waals surface area contributed by atoms with Crippen molar-refractivity contribution < 1.29 is 9.37 Å². The number of ketones is 1. The fraction of sp³-hybridized carbons (Fsp3) is 0.192. The third-order valence-corrected chi connectivity index (χ3v) is 5.83. The van der Waals surface area contributed by atoms with Crippen LogP contribution in [-0.2, 0) is 5.41 Å². The zero-order chi connectivity index (χ0) is 21.3. The average Bonchev–Trinajstić information content (AvgIpc) is 2.97. The van der Waals surface area contributed by atoms with Gasteiger partial charge in [0.1, 0.15) is 13.3 Å². The highest BCUT2D eigenvalue weighted by atomic mass is 16.1. The molecule has 0 aliphatic carbocycles. The van der Waals surface area contributed by atoms with Crippen LogP contribution in [0.5, 0.6) is 0 Å². The van der Waals surface area contributed by atoms with E-state index in [1.54, 1.807) is 5.01 Å². The molecule has 0 aromatic heterocycles. The van der Waals surface area contributed by atoms with E-state index in [4.69, 9.17) is 5.10 Å². The number of fused-ring (bicyclic) bond motifs is 1. The Morgan fingerprint density at radius 2 is 1.57 bits per heavy atom. The number of para-hydroxylation sites is 2. The molecule has 1 aliphatic rings. The summed E-state index contributed by atoms with van der Waals surface area (Å²) in [5.74, 6) is -0.00776. The van der Waals surface area contributed by atoms with Crippen LogP contribution in [0.4, 0.5) is 11.4 Å². The standard InChI is InChI=1S/C26H26N3O/c1-26(2)21-15-9-11-17-23(21)28(3)24(26)18-27-29(4)22-16-10-8-14-20(22)25(30)19-12-6-5-7-13-19/h5-18H,1-4H3/q+1. The molecule has 4 heteroatoms. The van der Waals surface area contributed by atoms with Crippen LogP contribution in [-0.4, -0.2) is 36.4 Å². The van der Waals surface area contributed by atoms with E-state index < -0.39 is 0 Å². The lowest BCUT2D eigenvalue weighted by Crippen LogP contribution is -2.30. The first-order chi connectivity index (χ1) is 14.4. The van der Waals surface area contributed by atoms with Crippen molar-refractivity contribution in [2.75, 3.05) is 19.1 Å². The van der Waals surface area contributed by atoms with Gasteiger partial charge >= 0.3 is 0 Å². The van der Waals surface area contributed by atoms with E-state index in [-0.39, 0.29) is 11.2 Å². The number of nitrogens with zero attached hydrogens (tertiary/aromatic N) is 3. The molecule has 0 unspecified atom stereocenters. The second-order valence-corrected chi connectivity index (χ2v) is 8.07. The molecule has 0 N–H and O–H groups in total. The van der Waals surface area contributed by atoms with E-state index in [1.165, 1.54) is 11.3 Å². The van der Waals surface area contributed by atoms with Crippen LogP contribution in [0.2, 0.25) is 0 Å². The Labute approximate surface area is 177 Å². The summed E-state index contributed by atoms with van der Waals surface area (Å²) >= 11 is 0. The van der Waals surface area contributed by atoms with Crippen molar-refractivity contribution in [2.45, 2.75) is 19.3 Å². The summed E-state index contributed by atoms with van der Waals surface area (Å²) in [6.07, 6.45) is 1.91. The normalized spacial score (nSPS) is 14.8. The summed E-state index contributed by atoms with van der Waals surface area (Å²) in [5.41, 5.74) is 5.54. The summed E-state index contributed by atoms with van der Waals surface area (Å²) < 4.78 is 2.19. The van der Waals surface area contributed by atoms with Crippen molar-refractivity contribution in [1.82, 2.24) is 0 Å². The molecule has 3 aromatic rings. The molecule has 0 bridgehead atoms. The van der Waals surface area contributed by atoms with E-state index in [2.05, 4.69) is 49.7 Å². The van der Waals surface area contributed by atoms with Crippen LogP contribution in [0.1, 0.15) is 35.3 Å². The predicted molar refractivity (Wildman–Crippen MR) is 124 cm³/mol. The van der Waals surface area contributed by atoms with Gasteiger partial charge < -0.3 is 0 Å². The molecule has 4 nitrogen and oxygen atoms in total. The van der Waals surface area contributed by atoms with Crippen LogP contribution in [0.15, 0.2) is 84.0 Å². The minimum atomic E-state index is -0.144. The maximum Gasteiger partial charge on any atom is 0.212 e. The molecule has 0 spiro atoms. The topological polar surface area (TPSA) is 35.7 Å². The number of hydrazone groups is 1. The summed E-state index contributed by atoms with van der Waals surface area (Å²) in [7, 11) is 3.95. The van der Waals surface area contributed by atoms with E-state index in [1.807, 2.05) is 67.9 Å². The molecule has 1 heterocycles. The molecule has 0 fully saturated rings. The van der Waals surface area contributed by atoms with Crippen molar-refractivity contribution in [3.63, 3.8) is 0 Å². The maximum atomic E-state index is 13.0. The van der Waals surface area contributed by atoms with Gasteiger partial charge in [-0.25, -0.2) is 0 Å². The lowest BCUT2D eigenvalue weighted by atomic mass is 9.82. The smallest absolute Gasteiger partial charge is 0.212 e. The van der Waals surface area contributed by atoms with Crippen molar-refractivity contribution >= 4 is 29.1 Å². The minimum absolute atomic E-state index is 0.00776. The maximum absolute atomic E-state index is 13.0. The van der Waals surface area contributed by atoms with Gasteiger partial charge in [0.25, 0.3) is 0 Å². The Balaban J connectivity index is 1.66. The largest absolute Gasteiger partial charge is 0.289 e. The third kappa shape index (κ3) is 3.35. The highest BCUT2D eigenvalue weighted by Crippen LogP contribution is 2.38. The molecular formula is C26H26N3O+. The first kappa shape index (κ1) is 19.8. The number of anilines is 1. The van der Waals surface area contributed by atoms with E-state index in [0.717, 1.165) is 11.4 Å². The molecule has 0 amide bonds. The number of benzene rings is 3. The molecule has 4 rings (SSSR count). The number of rotatable bonds is 5. The van der Waals surface area contributed by atoms with Gasteiger partial charge in [0, 0.05) is 29.8 Å². The van der Waals surface area contributed by atoms with Crippen molar-refractivity contribution in [3.05, 3.63) is 95.6 Å². The van der Waals surface area contributed by atoms with Gasteiger partial charge in [0.15, 0.2) is 5.78 Å². The molecule has 0 saturated carbocycles. The van der Waals surface area contributed by atoms with Gasteiger partial charge in [-0.2, -0.15) is 9.68 Å². The van der Waals surface area contributed by atoms with Gasteiger partial charge in [0.2, 0.25) is 11.4 Å². The molecule has 150 valence electrons. The number of carbonyl (C=O) groups is 1. The quantitative estimate of drug-likeness (QED) is 0.262. The second-order valence-electron chi connectivity index (χ2n) is 8.07. The molecule has 3 aromatic carbocycles. The third-order valence-electron chi connectivity index (χ3n) is 5.83. The summed E-state index contributed by atoms with van der Waals surface area (Å²) in [6, 6.07) is 25.4. The Hall–Kier alpha value is -3.53. The van der Waals surface area contributed by atoms with Gasteiger partial charge in [-0.3, -0.25) is 9.80 Å². The van der Waals surface area contributed by atoms with E-state index in [9.17, 15) is 4.79 Å². The fourth-order valence-electron chi connectivity index (χ4n) is 4.13. The number of hydrogen-bond donors (Lipinski definition) is 0. The zero-order valence-corrected chi connectivity index (χ0v) is 17.8. The fourth-order valence-corrected chi connectivity index (χ4v) is 4.13. The summed E-state index contributed by atoms with van der Waals surface area (Å²) in [6.45, 7) is 4.42. The van der Waals surface area contributed by atoms with Gasteiger partial charge in [-0.1, -0.05) is 60.7 Å². The molecule has 30 heavy (non-hydrogen) atoms. The van der Waals surface area contributed by atoms with Crippen molar-refractivity contribution in [3.8, 4) is 0 Å². The average molecular weight is 397 g/mol. The zero-order valence-electron chi connectivity index (χ0n) is 17.8. The molecule has 0 radical (unpaired) electrons. The summed E-state index contributed by atoms with van der Waals surface area (Å²) in [5, 5.41) is 6.49. The molecular weight excluding hydrogens is 370 g/mol. The van der Waals surface area contributed by atoms with Gasteiger partial charge in [-0.15, -0.1) is 0 Å². The van der Waals surface area contributed by atoms with Crippen molar-refractivity contribution in [1.29, 1.82) is 0 Å². The van der Waals surface area contributed by atoms with Crippen LogP contribution >= 0.6 is 0 Å². The Morgan fingerprint density at radius 1 is 0.933 bits per heavy atom. The van der Waals surface area contributed by atoms with Crippen LogP contribution in [0.3, 0.4) is 0 Å². The Morgan fingerprint density at radius 3 is 2.30 bits per heavy atom. The monoisotopic (exact) mass is 396 g/mol.